The zero-order valence-corrected chi connectivity index (χ0v) is 11.8. The molecule has 1 aromatic rings. The Labute approximate surface area is 122 Å². The van der Waals surface area contributed by atoms with Gasteiger partial charge < -0.3 is 35.3 Å². The van der Waals surface area contributed by atoms with Crippen LogP contribution in [0.1, 0.15) is 5.56 Å². The van der Waals surface area contributed by atoms with Gasteiger partial charge in [0.25, 0.3) is 0 Å². The molecule has 1 fully saturated rings. The maximum Gasteiger partial charge on any atom is 0.302 e. The van der Waals surface area contributed by atoms with Gasteiger partial charge in [0.1, 0.15) is 24.4 Å². The highest BCUT2D eigenvalue weighted by atomic mass is 16.9. The Kier molecular flexibility index (Phi) is 5.28. The molecule has 1 unspecified atom stereocenters. The van der Waals surface area contributed by atoms with Gasteiger partial charge in [-0.2, -0.15) is 0 Å². The van der Waals surface area contributed by atoms with E-state index < -0.39 is 36.9 Å². The van der Waals surface area contributed by atoms with Crippen molar-refractivity contribution in [2.24, 2.45) is 5.73 Å². The van der Waals surface area contributed by atoms with Crippen molar-refractivity contribution in [1.82, 2.24) is 0 Å². The van der Waals surface area contributed by atoms with E-state index in [-0.39, 0.29) is 6.61 Å². The van der Waals surface area contributed by atoms with Crippen LogP contribution in [0.2, 0.25) is 0 Å². The molecule has 0 radical (unpaired) electrons. The summed E-state index contributed by atoms with van der Waals surface area (Å²) < 4.78 is 16.3. The van der Waals surface area contributed by atoms with Gasteiger partial charge >= 0.3 is 5.97 Å². The van der Waals surface area contributed by atoms with E-state index in [0.29, 0.717) is 0 Å². The number of hydrogen-bond donors (Lipinski definition) is 4. The van der Waals surface area contributed by atoms with Gasteiger partial charge in [-0.05, 0) is 5.56 Å². The molecule has 1 aromatic carbocycles. The van der Waals surface area contributed by atoms with E-state index in [9.17, 15) is 15.3 Å². The third-order valence-corrected chi connectivity index (χ3v) is 3.57. The number of benzene rings is 1. The fourth-order valence-electron chi connectivity index (χ4n) is 2.28. The topological polar surface area (TPSA) is 114 Å². The van der Waals surface area contributed by atoms with Gasteiger partial charge in [-0.3, -0.25) is 0 Å². The molecule has 1 heterocycles. The van der Waals surface area contributed by atoms with Gasteiger partial charge in [-0.25, -0.2) is 0 Å². The molecular formula is C14H21NO6. The van der Waals surface area contributed by atoms with E-state index in [4.69, 9.17) is 19.9 Å². The third-order valence-electron chi connectivity index (χ3n) is 3.57. The maximum atomic E-state index is 9.99. The molecule has 0 aromatic heterocycles. The number of nitrogens with two attached hydrogens (primary N) is 1. The fraction of sp³-hybridized carbons (Fsp3) is 0.571. The minimum atomic E-state index is -1.73. The molecule has 5 N–H and O–H groups in total. The minimum Gasteiger partial charge on any atom is -0.394 e. The van der Waals surface area contributed by atoms with Crippen LogP contribution in [0, 0.1) is 0 Å². The highest BCUT2D eigenvalue weighted by molar-refractivity contribution is 5.13. The molecule has 0 aliphatic carbocycles. The Morgan fingerprint density at radius 1 is 1.24 bits per heavy atom. The van der Waals surface area contributed by atoms with Crippen LogP contribution < -0.4 is 5.73 Å². The Morgan fingerprint density at radius 2 is 1.90 bits per heavy atom. The van der Waals surface area contributed by atoms with Gasteiger partial charge in [0.05, 0.1) is 13.2 Å². The standard InChI is InChI=1S/C14H21NO6/c1-19-14(20-8-9-5-3-2-4-6-9)13(15)12(18)11(17)10(7-16)21-14/h2-6,10-13,16-18H,7-8,15H2,1H3/t10-,11-,12+,13-,14?/m1/s1. The lowest BCUT2D eigenvalue weighted by Gasteiger charge is -2.47. The summed E-state index contributed by atoms with van der Waals surface area (Å²) in [5, 5.41) is 29.0. The fourth-order valence-corrected chi connectivity index (χ4v) is 2.28. The summed E-state index contributed by atoms with van der Waals surface area (Å²) in [7, 11) is 1.32. The lowest BCUT2D eigenvalue weighted by Crippen LogP contribution is -2.69. The normalized spacial score (nSPS) is 36.6. The lowest BCUT2D eigenvalue weighted by molar-refractivity contribution is -0.433. The molecule has 0 bridgehead atoms. The largest absolute Gasteiger partial charge is 0.394 e. The van der Waals surface area contributed by atoms with Crippen molar-refractivity contribution in [3.63, 3.8) is 0 Å². The van der Waals surface area contributed by atoms with Crippen molar-refractivity contribution in [3.8, 4) is 0 Å². The third kappa shape index (κ3) is 3.24. The first-order chi connectivity index (χ1) is 10.0. The zero-order chi connectivity index (χ0) is 15.5. The Hall–Kier alpha value is -1.06. The van der Waals surface area contributed by atoms with Crippen LogP contribution >= 0.6 is 0 Å². The second-order valence-electron chi connectivity index (χ2n) is 4.93. The van der Waals surface area contributed by atoms with Gasteiger partial charge in [0.2, 0.25) is 0 Å². The minimum absolute atomic E-state index is 0.142. The number of rotatable bonds is 5. The molecule has 7 heteroatoms. The van der Waals surface area contributed by atoms with Crippen molar-refractivity contribution in [1.29, 1.82) is 0 Å². The zero-order valence-electron chi connectivity index (χ0n) is 11.8. The molecule has 1 aliphatic heterocycles. The van der Waals surface area contributed by atoms with Gasteiger partial charge in [-0.1, -0.05) is 30.3 Å². The average Bonchev–Trinajstić information content (AvgIpc) is 2.53. The van der Waals surface area contributed by atoms with Crippen molar-refractivity contribution < 1.29 is 29.5 Å². The molecule has 5 atom stereocenters. The Morgan fingerprint density at radius 3 is 2.48 bits per heavy atom. The number of hydrogen-bond acceptors (Lipinski definition) is 7. The lowest BCUT2D eigenvalue weighted by atomic mass is 9.96. The van der Waals surface area contributed by atoms with Crippen LogP contribution in [0.3, 0.4) is 0 Å². The van der Waals surface area contributed by atoms with E-state index in [2.05, 4.69) is 0 Å². The molecule has 21 heavy (non-hydrogen) atoms. The van der Waals surface area contributed by atoms with Crippen molar-refractivity contribution in [2.45, 2.75) is 36.9 Å². The molecular weight excluding hydrogens is 278 g/mol. The molecule has 118 valence electrons. The molecule has 1 aliphatic rings. The molecule has 1 saturated heterocycles. The van der Waals surface area contributed by atoms with Crippen molar-refractivity contribution in [3.05, 3.63) is 35.9 Å². The van der Waals surface area contributed by atoms with E-state index in [0.717, 1.165) is 5.56 Å². The van der Waals surface area contributed by atoms with Crippen molar-refractivity contribution in [2.75, 3.05) is 13.7 Å². The second kappa shape index (κ2) is 6.80. The van der Waals surface area contributed by atoms with Crippen LogP contribution in [-0.2, 0) is 20.8 Å². The maximum absolute atomic E-state index is 9.99. The predicted octanol–water partition coefficient (Wildman–Crippen LogP) is -1.06. The molecule has 0 saturated carbocycles. The Balaban J connectivity index is 2.14. The van der Waals surface area contributed by atoms with Crippen LogP contribution in [0.25, 0.3) is 0 Å². The predicted molar refractivity (Wildman–Crippen MR) is 72.9 cm³/mol. The second-order valence-corrected chi connectivity index (χ2v) is 4.93. The summed E-state index contributed by atoms with van der Waals surface area (Å²) >= 11 is 0. The average molecular weight is 299 g/mol. The number of methoxy groups -OCH3 is 1. The van der Waals surface area contributed by atoms with E-state index in [1.807, 2.05) is 30.3 Å². The summed E-state index contributed by atoms with van der Waals surface area (Å²) in [5.41, 5.74) is 6.74. The molecule has 0 spiro atoms. The van der Waals surface area contributed by atoms with Gasteiger partial charge in [-0.15, -0.1) is 0 Å². The molecule has 2 rings (SSSR count). The first-order valence-electron chi connectivity index (χ1n) is 6.67. The van der Waals surface area contributed by atoms with Crippen molar-refractivity contribution >= 4 is 0 Å². The highest BCUT2D eigenvalue weighted by Gasteiger charge is 2.54. The van der Waals surface area contributed by atoms with Crippen LogP contribution in [0.4, 0.5) is 0 Å². The Bertz CT molecular complexity index is 442. The van der Waals surface area contributed by atoms with Crippen LogP contribution in [0.15, 0.2) is 30.3 Å². The van der Waals surface area contributed by atoms with Gasteiger partial charge in [0, 0.05) is 7.11 Å². The van der Waals surface area contributed by atoms with Crippen LogP contribution in [-0.4, -0.2) is 59.4 Å². The number of ether oxygens (including phenoxy) is 3. The smallest absolute Gasteiger partial charge is 0.302 e. The summed E-state index contributed by atoms with van der Waals surface area (Å²) in [6.45, 7) is -0.353. The summed E-state index contributed by atoms with van der Waals surface area (Å²) in [5.74, 6) is -1.73. The first-order valence-corrected chi connectivity index (χ1v) is 6.67. The quantitative estimate of drug-likeness (QED) is 0.513. The van der Waals surface area contributed by atoms with Gasteiger partial charge in [0.15, 0.2) is 0 Å². The summed E-state index contributed by atoms with van der Waals surface area (Å²) in [4.78, 5) is 0. The SMILES string of the molecule is COC1(OCc2ccccc2)O[C@H](CO)[C@@H](O)[C@H](O)[C@H]1N. The summed E-state index contributed by atoms with van der Waals surface area (Å²) in [6.07, 6.45) is -3.70. The molecule has 7 nitrogen and oxygen atoms in total. The first kappa shape index (κ1) is 16.3. The number of aliphatic hydroxyl groups excluding tert-OH is 3. The number of aliphatic hydroxyl groups is 3. The monoisotopic (exact) mass is 299 g/mol. The van der Waals surface area contributed by atoms with E-state index in [1.54, 1.807) is 0 Å². The summed E-state index contributed by atoms with van der Waals surface area (Å²) in [6, 6.07) is 8.17. The van der Waals surface area contributed by atoms with E-state index in [1.165, 1.54) is 7.11 Å². The highest BCUT2D eigenvalue weighted by Crippen LogP contribution is 2.31. The van der Waals surface area contributed by atoms with Crippen LogP contribution in [0.5, 0.6) is 0 Å². The molecule has 0 amide bonds. The van der Waals surface area contributed by atoms with E-state index >= 15 is 0 Å².